The smallest absolute Gasteiger partial charge is 0.262 e. The number of nitrogens with zero attached hydrogens (tertiary/aromatic N) is 3. The van der Waals surface area contributed by atoms with E-state index in [9.17, 15) is 4.79 Å². The van der Waals surface area contributed by atoms with Gasteiger partial charge in [0.15, 0.2) is 4.77 Å². The number of hydrogen-bond donors (Lipinski definition) is 1. The highest BCUT2D eigenvalue weighted by Crippen LogP contribution is 2.09. The van der Waals surface area contributed by atoms with Crippen LogP contribution < -0.4 is 5.56 Å². The van der Waals surface area contributed by atoms with Crippen LogP contribution in [0.25, 0.3) is 16.6 Å². The van der Waals surface area contributed by atoms with Crippen LogP contribution in [0.4, 0.5) is 0 Å². The molecule has 0 amide bonds. The zero-order chi connectivity index (χ0) is 15.1. The Labute approximate surface area is 130 Å². The zero-order valence-electron chi connectivity index (χ0n) is 11.6. The van der Waals surface area contributed by atoms with Crippen molar-refractivity contribution >= 4 is 28.8 Å². The highest BCUT2D eigenvalue weighted by molar-refractivity contribution is 7.71. The average Bonchev–Trinajstić information content (AvgIpc) is 2.94. The van der Waals surface area contributed by atoms with E-state index in [1.165, 1.54) is 0 Å². The Hall–Kier alpha value is -2.73. The molecule has 0 radical (unpaired) electrons. The predicted octanol–water partition coefficient (Wildman–Crippen LogP) is 2.76. The monoisotopic (exact) mass is 308 g/mol. The molecule has 0 fully saturated rings. The number of pyridine rings is 1. The molecule has 5 nitrogen and oxygen atoms in total. The number of H-pyrrole nitrogens is 1. The largest absolute Gasteiger partial charge is 0.332 e. The van der Waals surface area contributed by atoms with Crippen molar-refractivity contribution in [3.05, 3.63) is 75.7 Å². The molecule has 1 N–H and O–H groups in total. The summed E-state index contributed by atoms with van der Waals surface area (Å²) in [5.41, 5.74) is 2.30. The second-order valence-electron chi connectivity index (χ2n) is 5.07. The van der Waals surface area contributed by atoms with Crippen molar-refractivity contribution in [3.8, 4) is 0 Å². The quantitative estimate of drug-likeness (QED) is 0.579. The molecule has 4 aromatic rings. The van der Waals surface area contributed by atoms with Crippen molar-refractivity contribution < 1.29 is 0 Å². The van der Waals surface area contributed by atoms with Crippen LogP contribution in [0.2, 0.25) is 0 Å². The van der Waals surface area contributed by atoms with Crippen LogP contribution in [-0.2, 0) is 6.54 Å². The number of aromatic amines is 1. The van der Waals surface area contributed by atoms with Crippen LogP contribution in [0.5, 0.6) is 0 Å². The van der Waals surface area contributed by atoms with E-state index >= 15 is 0 Å². The maximum atomic E-state index is 12.6. The minimum absolute atomic E-state index is 0.101. The lowest BCUT2D eigenvalue weighted by Gasteiger charge is -2.06. The Balaban J connectivity index is 1.87. The number of hydrogen-bond acceptors (Lipinski definition) is 3. The van der Waals surface area contributed by atoms with Crippen molar-refractivity contribution in [2.45, 2.75) is 6.54 Å². The summed E-state index contributed by atoms with van der Waals surface area (Å²) < 4.78 is 3.87. The summed E-state index contributed by atoms with van der Waals surface area (Å²) in [6, 6.07) is 13.2. The normalized spacial score (nSPS) is 11.3. The second kappa shape index (κ2) is 4.92. The fourth-order valence-corrected chi connectivity index (χ4v) is 2.83. The highest BCUT2D eigenvalue weighted by atomic mass is 32.1. The van der Waals surface area contributed by atoms with Crippen molar-refractivity contribution in [2.24, 2.45) is 0 Å². The maximum Gasteiger partial charge on any atom is 0.262 e. The van der Waals surface area contributed by atoms with Gasteiger partial charge in [0.1, 0.15) is 5.65 Å². The van der Waals surface area contributed by atoms with E-state index in [1.807, 2.05) is 53.2 Å². The maximum absolute atomic E-state index is 12.6. The summed E-state index contributed by atoms with van der Waals surface area (Å²) in [7, 11) is 0. The summed E-state index contributed by atoms with van der Waals surface area (Å²) in [6.07, 6.45) is 3.83. The first-order chi connectivity index (χ1) is 10.7. The van der Waals surface area contributed by atoms with Gasteiger partial charge in [0.2, 0.25) is 0 Å². The standard InChI is InChI=1S/C16H12N4OS/c21-15-12-5-1-2-6-13(12)18-16(22)20(15)10-11-9-19-8-4-3-7-14(19)17-11/h1-9H,10H2,(H,18,22). The molecule has 22 heavy (non-hydrogen) atoms. The Morgan fingerprint density at radius 2 is 1.95 bits per heavy atom. The molecule has 0 aliphatic rings. The first-order valence-electron chi connectivity index (χ1n) is 6.87. The van der Waals surface area contributed by atoms with Gasteiger partial charge in [-0.2, -0.15) is 0 Å². The van der Waals surface area contributed by atoms with Gasteiger partial charge in [-0.3, -0.25) is 9.36 Å². The molecule has 0 aliphatic carbocycles. The lowest BCUT2D eigenvalue weighted by molar-refractivity contribution is 0.721. The number of benzene rings is 1. The summed E-state index contributed by atoms with van der Waals surface area (Å²) in [5, 5.41) is 0.625. The summed E-state index contributed by atoms with van der Waals surface area (Å²) in [4.78, 5) is 20.2. The molecular formula is C16H12N4OS. The number of nitrogens with one attached hydrogen (secondary N) is 1. The van der Waals surface area contributed by atoms with Gasteiger partial charge >= 0.3 is 0 Å². The number of aromatic nitrogens is 4. The molecule has 0 spiro atoms. The predicted molar refractivity (Wildman–Crippen MR) is 87.7 cm³/mol. The molecule has 0 unspecified atom stereocenters. The van der Waals surface area contributed by atoms with E-state index < -0.39 is 0 Å². The van der Waals surface area contributed by atoms with Gasteiger partial charge in [-0.05, 0) is 36.5 Å². The molecule has 1 aromatic carbocycles. The Morgan fingerprint density at radius 3 is 2.82 bits per heavy atom. The summed E-state index contributed by atoms with van der Waals surface area (Å²) in [6.45, 7) is 0.348. The molecule has 0 aliphatic heterocycles. The van der Waals surface area contributed by atoms with Crippen LogP contribution in [0.1, 0.15) is 5.69 Å². The van der Waals surface area contributed by atoms with Gasteiger partial charge in [-0.15, -0.1) is 0 Å². The molecule has 6 heteroatoms. The Morgan fingerprint density at radius 1 is 1.14 bits per heavy atom. The van der Waals surface area contributed by atoms with Gasteiger partial charge in [0.05, 0.1) is 23.1 Å². The first kappa shape index (κ1) is 13.0. The SMILES string of the molecule is O=c1c2ccccc2[nH]c(=S)n1Cc1cn2ccccc2n1. The van der Waals surface area contributed by atoms with Crippen molar-refractivity contribution in [1.82, 2.24) is 18.9 Å². The minimum atomic E-state index is -0.101. The van der Waals surface area contributed by atoms with Crippen molar-refractivity contribution in [3.63, 3.8) is 0 Å². The van der Waals surface area contributed by atoms with Crippen LogP contribution >= 0.6 is 12.2 Å². The van der Waals surface area contributed by atoms with Gasteiger partial charge < -0.3 is 9.38 Å². The van der Waals surface area contributed by atoms with E-state index in [-0.39, 0.29) is 5.56 Å². The summed E-state index contributed by atoms with van der Waals surface area (Å²) >= 11 is 5.32. The number of imidazole rings is 1. The second-order valence-corrected chi connectivity index (χ2v) is 5.45. The molecule has 3 heterocycles. The third-order valence-electron chi connectivity index (χ3n) is 3.62. The molecule has 4 rings (SSSR count). The number of rotatable bonds is 2. The topological polar surface area (TPSA) is 55.1 Å². The fraction of sp³-hybridized carbons (Fsp3) is 0.0625. The third-order valence-corrected chi connectivity index (χ3v) is 3.95. The number of para-hydroxylation sites is 1. The van der Waals surface area contributed by atoms with Crippen LogP contribution in [0.15, 0.2) is 59.7 Å². The van der Waals surface area contributed by atoms with Gasteiger partial charge in [-0.1, -0.05) is 18.2 Å². The van der Waals surface area contributed by atoms with E-state index in [2.05, 4.69) is 9.97 Å². The molecule has 0 bridgehead atoms. The van der Waals surface area contributed by atoms with E-state index in [0.29, 0.717) is 16.7 Å². The average molecular weight is 308 g/mol. The summed E-state index contributed by atoms with van der Waals surface area (Å²) in [5.74, 6) is 0. The van der Waals surface area contributed by atoms with Crippen molar-refractivity contribution in [2.75, 3.05) is 0 Å². The van der Waals surface area contributed by atoms with E-state index in [4.69, 9.17) is 12.2 Å². The van der Waals surface area contributed by atoms with Crippen LogP contribution in [0.3, 0.4) is 0 Å². The van der Waals surface area contributed by atoms with Gasteiger partial charge in [0, 0.05) is 12.4 Å². The molecule has 108 valence electrons. The molecule has 3 aromatic heterocycles. The fourth-order valence-electron chi connectivity index (χ4n) is 2.57. The van der Waals surface area contributed by atoms with Gasteiger partial charge in [0.25, 0.3) is 5.56 Å². The molecule has 0 atom stereocenters. The highest BCUT2D eigenvalue weighted by Gasteiger charge is 2.08. The molecular weight excluding hydrogens is 296 g/mol. The van der Waals surface area contributed by atoms with Gasteiger partial charge in [-0.25, -0.2) is 4.98 Å². The van der Waals surface area contributed by atoms with Crippen LogP contribution in [0, 0.1) is 4.77 Å². The zero-order valence-corrected chi connectivity index (χ0v) is 12.4. The minimum Gasteiger partial charge on any atom is -0.332 e. The van der Waals surface area contributed by atoms with E-state index in [0.717, 1.165) is 16.9 Å². The first-order valence-corrected chi connectivity index (χ1v) is 7.28. The van der Waals surface area contributed by atoms with Crippen molar-refractivity contribution in [1.29, 1.82) is 0 Å². The lowest BCUT2D eigenvalue weighted by atomic mass is 10.2. The molecule has 0 saturated heterocycles. The Bertz CT molecular complexity index is 1070. The lowest BCUT2D eigenvalue weighted by Crippen LogP contribution is -2.22. The van der Waals surface area contributed by atoms with Crippen LogP contribution in [-0.4, -0.2) is 18.9 Å². The van der Waals surface area contributed by atoms with E-state index in [1.54, 1.807) is 10.6 Å². The Kier molecular flexibility index (Phi) is 2.90. The number of fused-ring (bicyclic) bond motifs is 2. The third kappa shape index (κ3) is 2.05. The molecule has 0 saturated carbocycles.